The molecule has 3 amide bonds. The number of hydrogen-bond donors (Lipinski definition) is 1. The smallest absolute Gasteiger partial charge is 0.262 e. The van der Waals surface area contributed by atoms with E-state index >= 15 is 0 Å². The Bertz CT molecular complexity index is 1110. The van der Waals surface area contributed by atoms with Gasteiger partial charge in [0.15, 0.2) is 5.78 Å². The van der Waals surface area contributed by atoms with E-state index in [1.807, 2.05) is 12.3 Å². The number of pyridine rings is 1. The third-order valence-corrected chi connectivity index (χ3v) is 6.18. The van der Waals surface area contributed by atoms with Gasteiger partial charge in [0.05, 0.1) is 16.2 Å². The zero-order chi connectivity index (χ0) is 22.1. The Kier molecular flexibility index (Phi) is 5.73. The van der Waals surface area contributed by atoms with Crippen molar-refractivity contribution in [3.05, 3.63) is 71.1 Å². The fourth-order valence-corrected chi connectivity index (χ4v) is 4.18. The Morgan fingerprint density at radius 3 is 2.65 bits per heavy atom. The number of carbonyl (C=O) groups excluding carboxylic acids is 4. The predicted octanol–water partition coefficient (Wildman–Crippen LogP) is 3.01. The second kappa shape index (κ2) is 8.47. The Labute approximate surface area is 183 Å². The molecular weight excluding hydrogens is 414 g/mol. The van der Waals surface area contributed by atoms with Crippen molar-refractivity contribution >= 4 is 35.3 Å². The standard InChI is InChI=1S/C23H21N3O4S/c1-13-3-8-18(21(28)25-13)26-22(29)16-7-4-14(11-17(16)23(26)30)5-9-19(27)15-6-10-20(31-2)24-12-15/h4,6-7,10-12,18H,1,3,5,8-9H2,2H3,(H,25,28). The van der Waals surface area contributed by atoms with Gasteiger partial charge in [-0.1, -0.05) is 12.6 Å². The maximum atomic E-state index is 12.9. The molecule has 0 aliphatic carbocycles. The summed E-state index contributed by atoms with van der Waals surface area (Å²) in [6.45, 7) is 3.73. The number of thioether (sulfide) groups is 1. The van der Waals surface area contributed by atoms with Crippen molar-refractivity contribution in [2.45, 2.75) is 36.8 Å². The summed E-state index contributed by atoms with van der Waals surface area (Å²) in [5.41, 5.74) is 2.47. The van der Waals surface area contributed by atoms with Crippen LogP contribution in [0.15, 0.2) is 53.8 Å². The van der Waals surface area contributed by atoms with Gasteiger partial charge < -0.3 is 5.32 Å². The van der Waals surface area contributed by atoms with E-state index in [9.17, 15) is 19.2 Å². The van der Waals surface area contributed by atoms with Crippen molar-refractivity contribution < 1.29 is 19.2 Å². The topological polar surface area (TPSA) is 96.4 Å². The number of piperidine rings is 1. The highest BCUT2D eigenvalue weighted by atomic mass is 32.2. The lowest BCUT2D eigenvalue weighted by Gasteiger charge is -2.29. The first-order chi connectivity index (χ1) is 14.9. The van der Waals surface area contributed by atoms with E-state index in [1.165, 1.54) is 11.8 Å². The normalized spacial score (nSPS) is 18.2. The number of benzene rings is 1. The van der Waals surface area contributed by atoms with Crippen molar-refractivity contribution in [1.29, 1.82) is 0 Å². The van der Waals surface area contributed by atoms with E-state index < -0.39 is 23.8 Å². The number of ketones is 1. The van der Waals surface area contributed by atoms with Gasteiger partial charge in [0.25, 0.3) is 11.8 Å². The van der Waals surface area contributed by atoms with E-state index in [4.69, 9.17) is 0 Å². The molecule has 1 saturated heterocycles. The summed E-state index contributed by atoms with van der Waals surface area (Å²) >= 11 is 1.51. The minimum Gasteiger partial charge on any atom is -0.329 e. The van der Waals surface area contributed by atoms with Crippen LogP contribution < -0.4 is 5.32 Å². The lowest BCUT2D eigenvalue weighted by molar-refractivity contribution is -0.125. The van der Waals surface area contributed by atoms with E-state index in [0.717, 1.165) is 15.5 Å². The number of rotatable bonds is 6. The summed E-state index contributed by atoms with van der Waals surface area (Å²) in [6, 6.07) is 7.73. The molecule has 1 atom stereocenters. The number of aromatic nitrogens is 1. The average Bonchev–Trinajstić information content (AvgIpc) is 3.02. The van der Waals surface area contributed by atoms with Crippen LogP contribution in [0.2, 0.25) is 0 Å². The van der Waals surface area contributed by atoms with E-state index in [-0.39, 0.29) is 23.3 Å². The second-order valence-electron chi connectivity index (χ2n) is 7.52. The number of fused-ring (bicyclic) bond motifs is 1. The van der Waals surface area contributed by atoms with E-state index in [0.29, 0.717) is 30.5 Å². The number of imide groups is 1. The van der Waals surface area contributed by atoms with Crippen LogP contribution in [-0.2, 0) is 11.2 Å². The molecule has 0 radical (unpaired) electrons. The number of carbonyl (C=O) groups is 4. The van der Waals surface area contributed by atoms with Crippen LogP contribution in [0.3, 0.4) is 0 Å². The van der Waals surface area contributed by atoms with Crippen molar-refractivity contribution in [3.8, 4) is 0 Å². The molecule has 2 aliphatic rings. The summed E-state index contributed by atoms with van der Waals surface area (Å²) in [6.07, 6.45) is 5.06. The molecular formula is C23H21N3O4S. The second-order valence-corrected chi connectivity index (χ2v) is 8.35. The molecule has 7 nitrogen and oxygen atoms in total. The van der Waals surface area contributed by atoms with Crippen LogP contribution in [0, 0.1) is 0 Å². The summed E-state index contributed by atoms with van der Waals surface area (Å²) < 4.78 is 0. The largest absolute Gasteiger partial charge is 0.329 e. The molecule has 1 aromatic heterocycles. The van der Waals surface area contributed by atoms with E-state index in [2.05, 4.69) is 16.9 Å². The number of hydrogen-bond acceptors (Lipinski definition) is 6. The maximum Gasteiger partial charge on any atom is 0.262 e. The third-order valence-electron chi connectivity index (χ3n) is 5.52. The minimum atomic E-state index is -0.834. The van der Waals surface area contributed by atoms with Gasteiger partial charge in [-0.15, -0.1) is 11.8 Å². The third kappa shape index (κ3) is 4.03. The van der Waals surface area contributed by atoms with Gasteiger partial charge in [-0.2, -0.15) is 0 Å². The lowest BCUT2D eigenvalue weighted by atomic mass is 10.00. The zero-order valence-corrected chi connectivity index (χ0v) is 17.8. The lowest BCUT2D eigenvalue weighted by Crippen LogP contribution is -2.51. The summed E-state index contributed by atoms with van der Waals surface area (Å²) in [5.74, 6) is -1.37. The van der Waals surface area contributed by atoms with Crippen molar-refractivity contribution in [3.63, 3.8) is 0 Å². The van der Waals surface area contributed by atoms with Crippen LogP contribution in [-0.4, -0.2) is 45.7 Å². The minimum absolute atomic E-state index is 0.0382. The maximum absolute atomic E-state index is 12.9. The molecule has 31 heavy (non-hydrogen) atoms. The van der Waals surface area contributed by atoms with E-state index in [1.54, 1.807) is 30.5 Å². The van der Waals surface area contributed by atoms with Crippen LogP contribution in [0.1, 0.15) is 55.9 Å². The predicted molar refractivity (Wildman–Crippen MR) is 116 cm³/mol. The highest BCUT2D eigenvalue weighted by Crippen LogP contribution is 2.29. The van der Waals surface area contributed by atoms with Gasteiger partial charge in [0.1, 0.15) is 6.04 Å². The molecule has 1 N–H and O–H groups in total. The molecule has 0 saturated carbocycles. The average molecular weight is 436 g/mol. The molecule has 1 fully saturated rings. The molecule has 2 aromatic rings. The van der Waals surface area contributed by atoms with Gasteiger partial charge in [-0.3, -0.25) is 24.1 Å². The number of allylic oxidation sites excluding steroid dienone is 1. The molecule has 4 rings (SSSR count). The fraction of sp³-hybridized carbons (Fsp3) is 0.261. The Morgan fingerprint density at radius 1 is 1.19 bits per heavy atom. The van der Waals surface area contributed by atoms with Gasteiger partial charge in [0.2, 0.25) is 5.91 Å². The van der Waals surface area contributed by atoms with Crippen molar-refractivity contribution in [2.75, 3.05) is 6.26 Å². The van der Waals surface area contributed by atoms with Crippen LogP contribution >= 0.6 is 11.8 Å². The zero-order valence-electron chi connectivity index (χ0n) is 17.0. The van der Waals surface area contributed by atoms with Crippen molar-refractivity contribution in [2.24, 2.45) is 0 Å². The van der Waals surface area contributed by atoms with Gasteiger partial charge in [-0.25, -0.2) is 4.98 Å². The van der Waals surface area contributed by atoms with Gasteiger partial charge in [-0.05, 0) is 55.3 Å². The number of nitrogens with zero attached hydrogens (tertiary/aromatic N) is 2. The molecule has 0 spiro atoms. The number of Topliss-reactive ketones (excluding diaryl/α,β-unsaturated/α-hetero) is 1. The number of nitrogens with one attached hydrogen (secondary N) is 1. The SMILES string of the molecule is C=C1CCC(N2C(=O)c3ccc(CCC(=O)c4ccc(SC)nc4)cc3C2=O)C(=O)N1. The molecule has 0 bridgehead atoms. The first kappa shape index (κ1) is 21.0. The fourth-order valence-electron chi connectivity index (χ4n) is 3.82. The van der Waals surface area contributed by atoms with Gasteiger partial charge >= 0.3 is 0 Å². The summed E-state index contributed by atoms with van der Waals surface area (Å²) in [4.78, 5) is 55.7. The molecule has 158 valence electrons. The molecule has 1 unspecified atom stereocenters. The Balaban J connectivity index is 1.47. The molecule has 2 aliphatic heterocycles. The number of aryl methyl sites for hydroxylation is 1. The highest BCUT2D eigenvalue weighted by molar-refractivity contribution is 7.98. The number of amides is 3. The summed E-state index contributed by atoms with van der Waals surface area (Å²) in [5, 5.41) is 3.46. The van der Waals surface area contributed by atoms with Crippen LogP contribution in [0.5, 0.6) is 0 Å². The monoisotopic (exact) mass is 435 g/mol. The van der Waals surface area contributed by atoms with Crippen LogP contribution in [0.4, 0.5) is 0 Å². The first-order valence-corrected chi connectivity index (χ1v) is 11.1. The quantitative estimate of drug-likeness (QED) is 0.426. The summed E-state index contributed by atoms with van der Waals surface area (Å²) in [7, 11) is 0. The molecule has 3 heterocycles. The Morgan fingerprint density at radius 2 is 1.97 bits per heavy atom. The molecule has 1 aromatic carbocycles. The van der Waals surface area contributed by atoms with Crippen LogP contribution in [0.25, 0.3) is 0 Å². The van der Waals surface area contributed by atoms with Gasteiger partial charge in [0, 0.05) is 23.9 Å². The molecule has 8 heteroatoms. The van der Waals surface area contributed by atoms with Crippen molar-refractivity contribution in [1.82, 2.24) is 15.2 Å². The first-order valence-electron chi connectivity index (χ1n) is 9.91. The Hall–Kier alpha value is -3.26. The highest BCUT2D eigenvalue weighted by Gasteiger charge is 2.43.